The first-order chi connectivity index (χ1) is 13.9. The molecule has 0 saturated heterocycles. The minimum absolute atomic E-state index is 0.536. The van der Waals surface area contributed by atoms with Gasteiger partial charge in [0.1, 0.15) is 0 Å². The van der Waals surface area contributed by atoms with Gasteiger partial charge in [-0.2, -0.15) is 0 Å². The lowest BCUT2D eigenvalue weighted by Gasteiger charge is -2.35. The van der Waals surface area contributed by atoms with Crippen LogP contribution in [0.15, 0.2) is 24.4 Å². The monoisotopic (exact) mass is 412 g/mol. The fraction of sp³-hybridized carbons (Fsp3) is 0.583. The van der Waals surface area contributed by atoms with Crippen molar-refractivity contribution in [1.82, 2.24) is 9.97 Å². The van der Waals surface area contributed by atoms with Crippen LogP contribution in [0, 0.1) is 0 Å². The number of aryl methyl sites for hydroxylation is 1. The van der Waals surface area contributed by atoms with Crippen LogP contribution in [-0.4, -0.2) is 25.4 Å². The predicted molar refractivity (Wildman–Crippen MR) is 122 cm³/mol. The Morgan fingerprint density at radius 3 is 2.45 bits per heavy atom. The Kier molecular flexibility index (Phi) is 7.12. The molecule has 29 heavy (non-hydrogen) atoms. The number of fused-ring (bicyclic) bond motifs is 1. The van der Waals surface area contributed by atoms with Gasteiger partial charge < -0.3 is 9.16 Å². The standard InChI is InChI=1S/C24H36N2O2Si/c1-7-8-9-10-11-21-24-20(16-28-29(24,17(2)3)18(4)5)14-22(26-21)19-12-13-23(27-6)25-15-19/h12-15,17-18H,7-11,16H2,1-6H3. The molecule has 0 saturated carbocycles. The van der Waals surface area contributed by atoms with E-state index in [1.807, 2.05) is 18.3 Å². The molecule has 0 spiro atoms. The number of ether oxygens (including phenoxy) is 1. The summed E-state index contributed by atoms with van der Waals surface area (Å²) in [5.74, 6) is 0.629. The largest absolute Gasteiger partial charge is 0.481 e. The van der Waals surface area contributed by atoms with Gasteiger partial charge in [0.25, 0.3) is 0 Å². The van der Waals surface area contributed by atoms with E-state index in [0.29, 0.717) is 17.0 Å². The number of rotatable bonds is 9. The van der Waals surface area contributed by atoms with Crippen molar-refractivity contribution >= 4 is 13.5 Å². The molecule has 0 amide bonds. The van der Waals surface area contributed by atoms with E-state index in [-0.39, 0.29) is 0 Å². The van der Waals surface area contributed by atoms with Crippen LogP contribution in [0.2, 0.25) is 11.1 Å². The molecule has 4 nitrogen and oxygen atoms in total. The normalized spacial score (nSPS) is 15.2. The molecule has 0 unspecified atom stereocenters. The average Bonchev–Trinajstić information content (AvgIpc) is 3.12. The van der Waals surface area contributed by atoms with Crippen molar-refractivity contribution in [3.05, 3.63) is 35.7 Å². The molecule has 1 aliphatic rings. The first-order valence-corrected chi connectivity index (χ1v) is 13.2. The highest BCUT2D eigenvalue weighted by atomic mass is 28.4. The van der Waals surface area contributed by atoms with Crippen molar-refractivity contribution in [3.8, 4) is 17.1 Å². The molecule has 2 aromatic heterocycles. The van der Waals surface area contributed by atoms with Crippen molar-refractivity contribution < 1.29 is 9.16 Å². The van der Waals surface area contributed by atoms with Gasteiger partial charge >= 0.3 is 0 Å². The first kappa shape index (κ1) is 22.0. The average molecular weight is 413 g/mol. The SMILES string of the molecule is CCCCCCc1nc(-c2ccc(OC)nc2)cc2c1[Si](C(C)C)(C(C)C)OC2. The minimum Gasteiger partial charge on any atom is -0.481 e. The number of hydrogen-bond acceptors (Lipinski definition) is 4. The number of pyridine rings is 2. The summed E-state index contributed by atoms with van der Waals surface area (Å²) < 4.78 is 11.9. The molecule has 158 valence electrons. The molecule has 0 fully saturated rings. The van der Waals surface area contributed by atoms with E-state index in [1.165, 1.54) is 42.1 Å². The molecule has 0 bridgehead atoms. The third kappa shape index (κ3) is 4.26. The number of methoxy groups -OCH3 is 1. The number of unbranched alkanes of at least 4 members (excludes halogenated alkanes) is 3. The molecule has 0 aliphatic carbocycles. The summed E-state index contributed by atoms with van der Waals surface area (Å²) in [5, 5.41) is 1.49. The highest BCUT2D eigenvalue weighted by molar-refractivity contribution is 6.90. The van der Waals surface area contributed by atoms with Crippen LogP contribution in [0.3, 0.4) is 0 Å². The molecule has 2 aromatic rings. The second-order valence-electron chi connectivity index (χ2n) is 8.78. The topological polar surface area (TPSA) is 44.2 Å². The Balaban J connectivity index is 2.07. The van der Waals surface area contributed by atoms with Gasteiger partial charge in [0, 0.05) is 23.5 Å². The van der Waals surface area contributed by atoms with Gasteiger partial charge in [-0.05, 0) is 46.8 Å². The zero-order valence-electron chi connectivity index (χ0n) is 18.9. The van der Waals surface area contributed by atoms with E-state index in [4.69, 9.17) is 14.1 Å². The van der Waals surface area contributed by atoms with Crippen LogP contribution < -0.4 is 9.92 Å². The molecule has 1 aliphatic heterocycles. The first-order valence-electron chi connectivity index (χ1n) is 11.1. The highest BCUT2D eigenvalue weighted by Gasteiger charge is 2.50. The van der Waals surface area contributed by atoms with Crippen molar-refractivity contribution in [1.29, 1.82) is 0 Å². The quantitative estimate of drug-likeness (QED) is 0.387. The second-order valence-corrected chi connectivity index (χ2v) is 13.5. The van der Waals surface area contributed by atoms with Crippen molar-refractivity contribution in [2.24, 2.45) is 0 Å². The van der Waals surface area contributed by atoms with E-state index in [1.54, 1.807) is 7.11 Å². The lowest BCUT2D eigenvalue weighted by atomic mass is 10.1. The fourth-order valence-corrected chi connectivity index (χ4v) is 9.77. The smallest absolute Gasteiger partial charge is 0.231 e. The number of nitrogens with zero attached hydrogens (tertiary/aromatic N) is 2. The lowest BCUT2D eigenvalue weighted by Crippen LogP contribution is -2.54. The summed E-state index contributed by atoms with van der Waals surface area (Å²) in [5.41, 5.74) is 5.74. The third-order valence-corrected chi connectivity index (χ3v) is 11.7. The van der Waals surface area contributed by atoms with Crippen LogP contribution in [-0.2, 0) is 17.5 Å². The maximum atomic E-state index is 6.69. The van der Waals surface area contributed by atoms with E-state index in [9.17, 15) is 0 Å². The Labute approximate surface area is 177 Å². The van der Waals surface area contributed by atoms with Crippen LogP contribution in [0.25, 0.3) is 11.3 Å². The van der Waals surface area contributed by atoms with Gasteiger partial charge in [0.15, 0.2) is 0 Å². The molecule has 0 N–H and O–H groups in total. The molecule has 3 heterocycles. The summed E-state index contributed by atoms with van der Waals surface area (Å²) in [6, 6.07) is 6.20. The van der Waals surface area contributed by atoms with Gasteiger partial charge in [-0.25, -0.2) is 4.98 Å². The summed E-state index contributed by atoms with van der Waals surface area (Å²) in [4.78, 5) is 9.59. The van der Waals surface area contributed by atoms with Crippen LogP contribution in [0.4, 0.5) is 0 Å². The zero-order chi connectivity index (χ0) is 21.0. The van der Waals surface area contributed by atoms with Crippen LogP contribution in [0.1, 0.15) is 71.6 Å². The van der Waals surface area contributed by atoms with Gasteiger partial charge in [0.2, 0.25) is 14.2 Å². The molecule has 0 aromatic carbocycles. The van der Waals surface area contributed by atoms with E-state index in [0.717, 1.165) is 24.3 Å². The molecule has 3 rings (SSSR count). The Bertz CT molecular complexity index is 810. The van der Waals surface area contributed by atoms with Gasteiger partial charge in [-0.1, -0.05) is 53.9 Å². The van der Waals surface area contributed by atoms with E-state index < -0.39 is 8.32 Å². The van der Waals surface area contributed by atoms with Crippen molar-refractivity contribution in [3.63, 3.8) is 0 Å². The van der Waals surface area contributed by atoms with E-state index in [2.05, 4.69) is 45.7 Å². The second kappa shape index (κ2) is 9.39. The minimum atomic E-state index is -2.06. The Morgan fingerprint density at radius 2 is 1.86 bits per heavy atom. The van der Waals surface area contributed by atoms with Gasteiger partial charge in [-0.3, -0.25) is 4.98 Å². The predicted octanol–water partition coefficient (Wildman–Crippen LogP) is 5.78. The summed E-state index contributed by atoms with van der Waals surface area (Å²) in [6.07, 6.45) is 7.90. The number of aromatic nitrogens is 2. The van der Waals surface area contributed by atoms with Crippen molar-refractivity contribution in [2.75, 3.05) is 7.11 Å². The Hall–Kier alpha value is -1.72. The van der Waals surface area contributed by atoms with Crippen LogP contribution in [0.5, 0.6) is 5.88 Å². The Morgan fingerprint density at radius 1 is 1.10 bits per heavy atom. The maximum absolute atomic E-state index is 6.69. The lowest BCUT2D eigenvalue weighted by molar-refractivity contribution is 0.299. The molecule has 5 heteroatoms. The number of hydrogen-bond donors (Lipinski definition) is 0. The molecular formula is C24H36N2O2Si. The maximum Gasteiger partial charge on any atom is 0.231 e. The van der Waals surface area contributed by atoms with Gasteiger partial charge in [-0.15, -0.1) is 0 Å². The van der Waals surface area contributed by atoms with Crippen LogP contribution >= 0.6 is 0 Å². The third-order valence-electron chi connectivity index (χ3n) is 6.26. The molecule has 0 atom stereocenters. The summed E-state index contributed by atoms with van der Waals surface area (Å²) in [6.45, 7) is 12.3. The van der Waals surface area contributed by atoms with Crippen molar-refractivity contribution in [2.45, 2.75) is 84.4 Å². The molecule has 0 radical (unpaired) electrons. The fourth-order valence-electron chi connectivity index (χ4n) is 4.79. The van der Waals surface area contributed by atoms with E-state index >= 15 is 0 Å². The molecular weight excluding hydrogens is 376 g/mol. The summed E-state index contributed by atoms with van der Waals surface area (Å²) in [7, 11) is -0.415. The zero-order valence-corrected chi connectivity index (χ0v) is 19.9. The van der Waals surface area contributed by atoms with Gasteiger partial charge in [0.05, 0.1) is 19.4 Å². The summed E-state index contributed by atoms with van der Waals surface area (Å²) >= 11 is 0. The highest BCUT2D eigenvalue weighted by Crippen LogP contribution is 2.40.